The quantitative estimate of drug-likeness (QED) is 0.632. The molecule has 1 saturated carbocycles. The summed E-state index contributed by atoms with van der Waals surface area (Å²) in [6, 6.07) is -0.827. The van der Waals surface area contributed by atoms with Gasteiger partial charge in [0.25, 0.3) is 0 Å². The normalized spacial score (nSPS) is 42.0. The number of esters is 1. The van der Waals surface area contributed by atoms with Crippen molar-refractivity contribution in [1.82, 2.24) is 4.90 Å². The Kier molecular flexibility index (Phi) is 1.99. The third-order valence-electron chi connectivity index (χ3n) is 3.72. The molecule has 92 valence electrons. The van der Waals surface area contributed by atoms with E-state index in [1.165, 1.54) is 4.90 Å². The lowest BCUT2D eigenvalue weighted by Crippen LogP contribution is -2.40. The number of rotatable bonds is 2. The van der Waals surface area contributed by atoms with Crippen molar-refractivity contribution in [3.05, 3.63) is 0 Å². The standard InChI is InChI=1S/C11H13NO5/c1-3-16-10(14)6-5-8(6)12-7(9(5)13)4(2)17-11(12)15/h4-8H,3H2,1-2H3/t4-,5+,6+,7-,8+/m1/s1. The number of nitrogens with zero attached hydrogens (tertiary/aromatic N) is 1. The summed E-state index contributed by atoms with van der Waals surface area (Å²) in [5.41, 5.74) is 0. The maximum Gasteiger partial charge on any atom is 0.411 e. The Bertz CT molecular complexity index is 416. The molecule has 5 atom stereocenters. The molecule has 0 N–H and O–H groups in total. The van der Waals surface area contributed by atoms with Gasteiger partial charge in [-0.25, -0.2) is 4.79 Å². The zero-order chi connectivity index (χ0) is 12.3. The first-order valence-corrected chi connectivity index (χ1v) is 5.77. The fraction of sp³-hybridized carbons (Fsp3) is 0.727. The van der Waals surface area contributed by atoms with Crippen molar-refractivity contribution in [2.75, 3.05) is 6.61 Å². The van der Waals surface area contributed by atoms with Gasteiger partial charge in [0.15, 0.2) is 5.78 Å². The molecule has 2 saturated heterocycles. The van der Waals surface area contributed by atoms with Crippen LogP contribution in [0.4, 0.5) is 4.79 Å². The lowest BCUT2D eigenvalue weighted by Gasteiger charge is -2.17. The van der Waals surface area contributed by atoms with Crippen LogP contribution in [0.2, 0.25) is 0 Å². The third-order valence-corrected chi connectivity index (χ3v) is 3.72. The number of fused-ring (bicyclic) bond motifs is 3. The van der Waals surface area contributed by atoms with Crippen molar-refractivity contribution in [3.8, 4) is 0 Å². The molecule has 0 spiro atoms. The van der Waals surface area contributed by atoms with Crippen LogP contribution in [0.1, 0.15) is 13.8 Å². The highest BCUT2D eigenvalue weighted by molar-refractivity contribution is 6.03. The molecule has 17 heavy (non-hydrogen) atoms. The van der Waals surface area contributed by atoms with E-state index in [-0.39, 0.29) is 30.3 Å². The van der Waals surface area contributed by atoms with Crippen LogP contribution in [0.15, 0.2) is 0 Å². The number of ketones is 1. The number of Topliss-reactive ketones (excluding diaryl/α,β-unsaturated/α-hetero) is 1. The first kappa shape index (κ1) is 10.6. The SMILES string of the molecule is CCOC(=O)[C@H]1[C@@H]2C(=O)[C@H]3[C@@H](C)OC(=O)N3[C@H]12. The number of hydrogen-bond donors (Lipinski definition) is 0. The summed E-state index contributed by atoms with van der Waals surface area (Å²) in [4.78, 5) is 36.6. The van der Waals surface area contributed by atoms with Crippen molar-refractivity contribution < 1.29 is 23.9 Å². The summed E-state index contributed by atoms with van der Waals surface area (Å²) in [7, 11) is 0. The van der Waals surface area contributed by atoms with Gasteiger partial charge in [-0.15, -0.1) is 0 Å². The van der Waals surface area contributed by atoms with Gasteiger partial charge in [-0.2, -0.15) is 0 Å². The molecule has 0 aromatic heterocycles. The predicted molar refractivity (Wildman–Crippen MR) is 54.0 cm³/mol. The molecule has 2 aliphatic heterocycles. The molecule has 3 aliphatic rings. The van der Waals surface area contributed by atoms with Gasteiger partial charge in [-0.05, 0) is 13.8 Å². The predicted octanol–water partition coefficient (Wildman–Crippen LogP) is -0.0439. The van der Waals surface area contributed by atoms with Crippen molar-refractivity contribution in [2.24, 2.45) is 11.8 Å². The van der Waals surface area contributed by atoms with Gasteiger partial charge in [0.05, 0.1) is 24.5 Å². The summed E-state index contributed by atoms with van der Waals surface area (Å²) in [6.07, 6.45) is -0.902. The molecule has 3 fully saturated rings. The van der Waals surface area contributed by atoms with Gasteiger partial charge in [0.1, 0.15) is 12.1 Å². The Balaban J connectivity index is 1.82. The Morgan fingerprint density at radius 1 is 1.47 bits per heavy atom. The molecular weight excluding hydrogens is 226 g/mol. The van der Waals surface area contributed by atoms with Crippen LogP contribution in [0.5, 0.6) is 0 Å². The minimum atomic E-state index is -0.497. The minimum Gasteiger partial charge on any atom is -0.466 e. The summed E-state index contributed by atoms with van der Waals surface area (Å²) >= 11 is 0. The minimum absolute atomic E-state index is 0.0635. The summed E-state index contributed by atoms with van der Waals surface area (Å²) in [6.45, 7) is 3.70. The molecule has 1 aliphatic carbocycles. The Labute approximate surface area is 97.8 Å². The molecule has 0 bridgehead atoms. The highest BCUT2D eigenvalue weighted by Gasteiger charge is 2.74. The molecule has 1 amide bonds. The Hall–Kier alpha value is -1.59. The second kappa shape index (κ2) is 3.21. The number of cyclic esters (lactones) is 1. The van der Waals surface area contributed by atoms with Gasteiger partial charge in [0.2, 0.25) is 0 Å². The van der Waals surface area contributed by atoms with Gasteiger partial charge < -0.3 is 9.47 Å². The lowest BCUT2D eigenvalue weighted by atomic mass is 10.0. The van der Waals surface area contributed by atoms with Crippen LogP contribution in [-0.4, -0.2) is 47.5 Å². The van der Waals surface area contributed by atoms with E-state index in [4.69, 9.17) is 9.47 Å². The van der Waals surface area contributed by atoms with Crippen LogP contribution in [0, 0.1) is 11.8 Å². The fourth-order valence-electron chi connectivity index (χ4n) is 3.01. The molecule has 0 unspecified atom stereocenters. The van der Waals surface area contributed by atoms with Crippen molar-refractivity contribution in [2.45, 2.75) is 32.0 Å². The van der Waals surface area contributed by atoms with Gasteiger partial charge in [-0.1, -0.05) is 0 Å². The van der Waals surface area contributed by atoms with Crippen LogP contribution < -0.4 is 0 Å². The Morgan fingerprint density at radius 3 is 2.82 bits per heavy atom. The van der Waals surface area contributed by atoms with Crippen molar-refractivity contribution >= 4 is 17.8 Å². The lowest BCUT2D eigenvalue weighted by molar-refractivity contribution is -0.147. The maximum atomic E-state index is 12.0. The number of piperidine rings is 1. The van der Waals surface area contributed by atoms with Crippen molar-refractivity contribution in [3.63, 3.8) is 0 Å². The summed E-state index contributed by atoms with van der Waals surface area (Å²) < 4.78 is 9.89. The van der Waals surface area contributed by atoms with Crippen LogP contribution in [0.3, 0.4) is 0 Å². The van der Waals surface area contributed by atoms with E-state index in [0.717, 1.165) is 0 Å². The van der Waals surface area contributed by atoms with Gasteiger partial charge >= 0.3 is 12.1 Å². The molecule has 0 aromatic carbocycles. The molecular formula is C11H13NO5. The van der Waals surface area contributed by atoms with E-state index in [1.54, 1.807) is 13.8 Å². The van der Waals surface area contributed by atoms with Crippen LogP contribution in [-0.2, 0) is 19.1 Å². The molecule has 0 radical (unpaired) electrons. The molecule has 3 rings (SSSR count). The maximum absolute atomic E-state index is 12.0. The smallest absolute Gasteiger partial charge is 0.411 e. The summed E-state index contributed by atoms with van der Waals surface area (Å²) in [5, 5.41) is 0. The zero-order valence-electron chi connectivity index (χ0n) is 9.58. The van der Waals surface area contributed by atoms with E-state index < -0.39 is 24.2 Å². The Morgan fingerprint density at radius 2 is 2.18 bits per heavy atom. The average molecular weight is 239 g/mol. The van der Waals surface area contributed by atoms with E-state index in [9.17, 15) is 14.4 Å². The largest absolute Gasteiger partial charge is 0.466 e. The second-order valence-electron chi connectivity index (χ2n) is 4.64. The number of carbonyl (C=O) groups is 3. The average Bonchev–Trinajstić information content (AvgIpc) is 2.82. The second-order valence-corrected chi connectivity index (χ2v) is 4.64. The number of ether oxygens (including phenoxy) is 2. The van der Waals surface area contributed by atoms with E-state index in [2.05, 4.69) is 0 Å². The third kappa shape index (κ3) is 1.18. The number of carbonyl (C=O) groups excluding carboxylic acids is 3. The number of amides is 1. The van der Waals surface area contributed by atoms with E-state index in [1.807, 2.05) is 0 Å². The highest BCUT2D eigenvalue weighted by Crippen LogP contribution is 2.54. The highest BCUT2D eigenvalue weighted by atomic mass is 16.6. The molecule has 0 aromatic rings. The molecule has 2 heterocycles. The fourth-order valence-corrected chi connectivity index (χ4v) is 3.01. The first-order chi connectivity index (χ1) is 8.07. The molecule has 6 heteroatoms. The van der Waals surface area contributed by atoms with Crippen LogP contribution >= 0.6 is 0 Å². The zero-order valence-corrected chi connectivity index (χ0v) is 9.58. The van der Waals surface area contributed by atoms with E-state index >= 15 is 0 Å². The molecule has 6 nitrogen and oxygen atoms in total. The van der Waals surface area contributed by atoms with Crippen LogP contribution in [0.25, 0.3) is 0 Å². The van der Waals surface area contributed by atoms with Gasteiger partial charge in [-0.3, -0.25) is 14.5 Å². The van der Waals surface area contributed by atoms with Gasteiger partial charge in [0, 0.05) is 0 Å². The van der Waals surface area contributed by atoms with E-state index in [0.29, 0.717) is 0 Å². The topological polar surface area (TPSA) is 72.9 Å². The number of hydrogen-bond acceptors (Lipinski definition) is 5. The summed E-state index contributed by atoms with van der Waals surface area (Å²) in [5.74, 6) is -1.29. The first-order valence-electron chi connectivity index (χ1n) is 5.77. The monoisotopic (exact) mass is 239 g/mol. The van der Waals surface area contributed by atoms with Crippen molar-refractivity contribution in [1.29, 1.82) is 0 Å².